The molecule has 1 heterocycles. The van der Waals surface area contributed by atoms with Crippen LogP contribution in [0.15, 0.2) is 33.6 Å². The average Bonchev–Trinajstić information content (AvgIpc) is 2.45. The maximum atomic E-state index is 12.5. The van der Waals surface area contributed by atoms with E-state index in [1.54, 1.807) is 29.2 Å². The molecule has 1 saturated heterocycles. The van der Waals surface area contributed by atoms with Gasteiger partial charge in [0.2, 0.25) is 10.0 Å². The van der Waals surface area contributed by atoms with Crippen LogP contribution in [-0.2, 0) is 14.8 Å². The maximum Gasteiger partial charge on any atom is 0.410 e. The highest BCUT2D eigenvalue weighted by Gasteiger charge is 2.30. The van der Waals surface area contributed by atoms with Gasteiger partial charge in [-0.1, -0.05) is 15.9 Å². The van der Waals surface area contributed by atoms with Gasteiger partial charge in [0, 0.05) is 23.6 Å². The van der Waals surface area contributed by atoms with Crippen LogP contribution in [-0.4, -0.2) is 44.1 Å². The molecule has 24 heavy (non-hydrogen) atoms. The fourth-order valence-electron chi connectivity index (χ4n) is 2.47. The van der Waals surface area contributed by atoms with Crippen LogP contribution in [0.4, 0.5) is 4.79 Å². The second-order valence-corrected chi connectivity index (χ2v) is 9.47. The van der Waals surface area contributed by atoms with Gasteiger partial charge in [0.15, 0.2) is 0 Å². The number of carbonyl (C=O) groups is 1. The number of likely N-dealkylation sites (tertiary alicyclic amines) is 1. The highest BCUT2D eigenvalue weighted by atomic mass is 79.9. The van der Waals surface area contributed by atoms with Crippen LogP contribution in [0.25, 0.3) is 0 Å². The number of hydrogen-bond acceptors (Lipinski definition) is 4. The summed E-state index contributed by atoms with van der Waals surface area (Å²) < 4.78 is 33.8. The van der Waals surface area contributed by atoms with Crippen molar-refractivity contribution in [2.45, 2.75) is 50.2 Å². The molecule has 1 aliphatic heterocycles. The third-order valence-corrected chi connectivity index (χ3v) is 5.58. The molecular formula is C16H23BrN2O4S. The van der Waals surface area contributed by atoms with E-state index in [9.17, 15) is 13.2 Å². The van der Waals surface area contributed by atoms with Gasteiger partial charge in [-0.25, -0.2) is 17.9 Å². The lowest BCUT2D eigenvalue weighted by Crippen LogP contribution is -2.50. The SMILES string of the molecule is CC(C)(C)OC(=O)N1CCC[C@@H](NS(=O)(=O)c2ccc(Br)cc2)C1. The number of sulfonamides is 1. The highest BCUT2D eigenvalue weighted by molar-refractivity contribution is 9.10. The first-order valence-corrected chi connectivity index (χ1v) is 10.1. The Kier molecular flexibility index (Phi) is 5.93. The maximum absolute atomic E-state index is 12.5. The summed E-state index contributed by atoms with van der Waals surface area (Å²) >= 11 is 3.29. The summed E-state index contributed by atoms with van der Waals surface area (Å²) in [5.41, 5.74) is -0.568. The Morgan fingerprint density at radius 1 is 1.29 bits per heavy atom. The number of halogens is 1. The van der Waals surface area contributed by atoms with Crippen molar-refractivity contribution < 1.29 is 17.9 Å². The minimum absolute atomic E-state index is 0.208. The minimum Gasteiger partial charge on any atom is -0.444 e. The van der Waals surface area contributed by atoms with E-state index in [4.69, 9.17) is 4.74 Å². The summed E-state index contributed by atoms with van der Waals surface area (Å²) in [5, 5.41) is 0. The Morgan fingerprint density at radius 3 is 2.50 bits per heavy atom. The van der Waals surface area contributed by atoms with Gasteiger partial charge < -0.3 is 9.64 Å². The first-order chi connectivity index (χ1) is 11.1. The molecule has 0 spiro atoms. The smallest absolute Gasteiger partial charge is 0.410 e. The first kappa shape index (κ1) is 19.2. The van der Waals surface area contributed by atoms with Crippen molar-refractivity contribution in [1.82, 2.24) is 9.62 Å². The lowest BCUT2D eigenvalue weighted by atomic mass is 10.1. The van der Waals surface area contributed by atoms with Crippen LogP contribution in [0.1, 0.15) is 33.6 Å². The molecule has 1 aromatic carbocycles. The summed E-state index contributed by atoms with van der Waals surface area (Å²) in [4.78, 5) is 13.9. The summed E-state index contributed by atoms with van der Waals surface area (Å²) in [5.74, 6) is 0. The molecule has 134 valence electrons. The zero-order valence-corrected chi connectivity index (χ0v) is 16.5. The second kappa shape index (κ2) is 7.41. The van der Waals surface area contributed by atoms with E-state index in [1.165, 1.54) is 0 Å². The standard InChI is InChI=1S/C16H23BrN2O4S/c1-16(2,3)23-15(20)19-10-4-5-13(11-19)18-24(21,22)14-8-6-12(17)7-9-14/h6-9,13,18H,4-5,10-11H2,1-3H3/t13-/m1/s1. The molecule has 1 N–H and O–H groups in total. The van der Waals surface area contributed by atoms with E-state index in [2.05, 4.69) is 20.7 Å². The molecule has 1 amide bonds. The van der Waals surface area contributed by atoms with Gasteiger partial charge in [-0.05, 0) is 57.9 Å². The van der Waals surface area contributed by atoms with Crippen molar-refractivity contribution in [1.29, 1.82) is 0 Å². The molecule has 0 saturated carbocycles. The quantitative estimate of drug-likeness (QED) is 0.817. The van der Waals surface area contributed by atoms with Crippen LogP contribution in [0.5, 0.6) is 0 Å². The average molecular weight is 419 g/mol. The van der Waals surface area contributed by atoms with Crippen LogP contribution < -0.4 is 4.72 Å². The van der Waals surface area contributed by atoms with Crippen molar-refractivity contribution in [3.8, 4) is 0 Å². The lowest BCUT2D eigenvalue weighted by molar-refractivity contribution is 0.0195. The molecule has 0 radical (unpaired) electrons. The molecule has 1 aliphatic rings. The van der Waals surface area contributed by atoms with Crippen LogP contribution >= 0.6 is 15.9 Å². The normalized spacial score (nSPS) is 19.2. The van der Waals surface area contributed by atoms with Crippen molar-refractivity contribution in [2.24, 2.45) is 0 Å². The van der Waals surface area contributed by atoms with E-state index in [0.717, 1.165) is 10.9 Å². The van der Waals surface area contributed by atoms with Gasteiger partial charge in [-0.15, -0.1) is 0 Å². The van der Waals surface area contributed by atoms with E-state index in [1.807, 2.05) is 20.8 Å². The monoisotopic (exact) mass is 418 g/mol. The number of nitrogens with one attached hydrogen (secondary N) is 1. The van der Waals surface area contributed by atoms with Gasteiger partial charge in [0.1, 0.15) is 5.60 Å². The predicted octanol–water partition coefficient (Wildman–Crippen LogP) is 3.13. The van der Waals surface area contributed by atoms with Crippen LogP contribution in [0.3, 0.4) is 0 Å². The topological polar surface area (TPSA) is 75.7 Å². The molecular weight excluding hydrogens is 396 g/mol. The zero-order valence-electron chi connectivity index (χ0n) is 14.1. The van der Waals surface area contributed by atoms with Gasteiger partial charge in [0.05, 0.1) is 4.90 Å². The number of amides is 1. The van der Waals surface area contributed by atoms with Gasteiger partial charge in [-0.2, -0.15) is 0 Å². The van der Waals surface area contributed by atoms with Crippen LogP contribution in [0.2, 0.25) is 0 Å². The van der Waals surface area contributed by atoms with E-state index in [0.29, 0.717) is 19.5 Å². The largest absolute Gasteiger partial charge is 0.444 e. The summed E-state index contributed by atoms with van der Waals surface area (Å²) in [6.45, 7) is 6.31. The van der Waals surface area contributed by atoms with Gasteiger partial charge >= 0.3 is 6.09 Å². The van der Waals surface area contributed by atoms with Gasteiger partial charge in [-0.3, -0.25) is 0 Å². The number of piperidine rings is 1. The molecule has 0 bridgehead atoms. The third-order valence-electron chi connectivity index (χ3n) is 3.52. The molecule has 1 atom stereocenters. The number of benzene rings is 1. The minimum atomic E-state index is -3.61. The Bertz CT molecular complexity index is 683. The third kappa shape index (κ3) is 5.46. The Balaban J connectivity index is 2.02. The number of nitrogens with zero attached hydrogens (tertiary/aromatic N) is 1. The van der Waals surface area contributed by atoms with E-state index in [-0.39, 0.29) is 10.9 Å². The molecule has 8 heteroatoms. The number of carbonyl (C=O) groups excluding carboxylic acids is 1. The molecule has 0 aliphatic carbocycles. The lowest BCUT2D eigenvalue weighted by Gasteiger charge is -2.34. The molecule has 6 nitrogen and oxygen atoms in total. The summed E-state index contributed by atoms with van der Waals surface area (Å²) in [7, 11) is -3.61. The molecule has 1 fully saturated rings. The van der Waals surface area contributed by atoms with Crippen molar-refractivity contribution in [2.75, 3.05) is 13.1 Å². The fraction of sp³-hybridized carbons (Fsp3) is 0.562. The van der Waals surface area contributed by atoms with Gasteiger partial charge in [0.25, 0.3) is 0 Å². The van der Waals surface area contributed by atoms with Crippen molar-refractivity contribution >= 4 is 32.0 Å². The number of rotatable bonds is 3. The fourth-order valence-corrected chi connectivity index (χ4v) is 3.99. The highest BCUT2D eigenvalue weighted by Crippen LogP contribution is 2.19. The Morgan fingerprint density at radius 2 is 1.92 bits per heavy atom. The summed E-state index contributed by atoms with van der Waals surface area (Å²) in [6.07, 6.45) is 1.01. The molecule has 0 unspecified atom stereocenters. The van der Waals surface area contributed by atoms with E-state index >= 15 is 0 Å². The predicted molar refractivity (Wildman–Crippen MR) is 95.3 cm³/mol. The van der Waals surface area contributed by atoms with E-state index < -0.39 is 21.7 Å². The molecule has 0 aromatic heterocycles. The number of hydrogen-bond donors (Lipinski definition) is 1. The first-order valence-electron chi connectivity index (χ1n) is 7.83. The van der Waals surface area contributed by atoms with Crippen molar-refractivity contribution in [3.05, 3.63) is 28.7 Å². The molecule has 1 aromatic rings. The second-order valence-electron chi connectivity index (χ2n) is 6.84. The zero-order chi connectivity index (χ0) is 18.0. The van der Waals surface area contributed by atoms with Crippen LogP contribution in [0, 0.1) is 0 Å². The Hall–Kier alpha value is -1.12. The molecule has 2 rings (SSSR count). The Labute approximate surface area is 151 Å². The number of ether oxygens (including phenoxy) is 1. The van der Waals surface area contributed by atoms with Crippen molar-refractivity contribution in [3.63, 3.8) is 0 Å². The summed E-state index contributed by atoms with van der Waals surface area (Å²) in [6, 6.07) is 6.13.